The summed E-state index contributed by atoms with van der Waals surface area (Å²) in [6.45, 7) is 7.09. The number of hydrogen-bond acceptors (Lipinski definition) is 4. The lowest BCUT2D eigenvalue weighted by Crippen LogP contribution is -2.07. The molecule has 1 heterocycles. The van der Waals surface area contributed by atoms with Crippen LogP contribution < -0.4 is 10.1 Å². The smallest absolute Gasteiger partial charge is 0.227 e. The van der Waals surface area contributed by atoms with Crippen molar-refractivity contribution in [2.24, 2.45) is 0 Å². The second-order valence-electron chi connectivity index (χ2n) is 4.69. The monoisotopic (exact) mass is 383 g/mol. The summed E-state index contributed by atoms with van der Waals surface area (Å²) in [5, 5.41) is 3.26. The summed E-state index contributed by atoms with van der Waals surface area (Å²) in [5.41, 5.74) is 1.01. The normalized spacial score (nSPS) is 10.7. The van der Waals surface area contributed by atoms with E-state index >= 15 is 0 Å². The highest BCUT2D eigenvalue weighted by atomic mass is 127. The standard InChI is InChI=1S/C15H18IN3O/c1-4-17-14-13(10(2)3)15(19-9-18-14)20-12-7-5-6-11(16)8-12/h5-10H,4H2,1-3H3,(H,17,18,19). The van der Waals surface area contributed by atoms with E-state index in [2.05, 4.69) is 51.7 Å². The van der Waals surface area contributed by atoms with Crippen molar-refractivity contribution >= 4 is 28.4 Å². The number of nitrogens with one attached hydrogen (secondary N) is 1. The molecule has 0 bridgehead atoms. The Kier molecular flexibility index (Phi) is 5.17. The lowest BCUT2D eigenvalue weighted by molar-refractivity contribution is 0.451. The average molecular weight is 383 g/mol. The average Bonchev–Trinajstić information content (AvgIpc) is 2.39. The van der Waals surface area contributed by atoms with Gasteiger partial charge in [-0.05, 0) is 53.6 Å². The minimum absolute atomic E-state index is 0.281. The van der Waals surface area contributed by atoms with Gasteiger partial charge in [0.05, 0.1) is 5.56 Å². The van der Waals surface area contributed by atoms with Gasteiger partial charge in [0.2, 0.25) is 5.88 Å². The zero-order valence-electron chi connectivity index (χ0n) is 11.9. The number of nitrogens with zero attached hydrogens (tertiary/aromatic N) is 2. The van der Waals surface area contributed by atoms with Crippen LogP contribution in [0.4, 0.5) is 5.82 Å². The molecule has 0 aliphatic heterocycles. The van der Waals surface area contributed by atoms with Crippen molar-refractivity contribution in [2.75, 3.05) is 11.9 Å². The molecule has 1 N–H and O–H groups in total. The van der Waals surface area contributed by atoms with Gasteiger partial charge in [0.1, 0.15) is 17.9 Å². The maximum absolute atomic E-state index is 5.94. The third-order valence-corrected chi connectivity index (χ3v) is 3.45. The van der Waals surface area contributed by atoms with Gasteiger partial charge in [-0.15, -0.1) is 0 Å². The largest absolute Gasteiger partial charge is 0.438 e. The SMILES string of the molecule is CCNc1ncnc(Oc2cccc(I)c2)c1C(C)C. The molecule has 5 heteroatoms. The highest BCUT2D eigenvalue weighted by Gasteiger charge is 2.16. The van der Waals surface area contributed by atoms with E-state index in [0.717, 1.165) is 27.2 Å². The number of halogens is 1. The van der Waals surface area contributed by atoms with E-state index in [-0.39, 0.29) is 5.92 Å². The molecule has 2 aromatic rings. The van der Waals surface area contributed by atoms with Crippen LogP contribution in [0.15, 0.2) is 30.6 Å². The summed E-state index contributed by atoms with van der Waals surface area (Å²) >= 11 is 2.27. The quantitative estimate of drug-likeness (QED) is 0.777. The Bertz CT molecular complexity index is 587. The number of aromatic nitrogens is 2. The summed E-state index contributed by atoms with van der Waals surface area (Å²) in [6, 6.07) is 7.92. The predicted molar refractivity (Wildman–Crippen MR) is 89.5 cm³/mol. The maximum atomic E-state index is 5.94. The fourth-order valence-corrected chi connectivity index (χ4v) is 2.45. The van der Waals surface area contributed by atoms with Gasteiger partial charge < -0.3 is 10.1 Å². The van der Waals surface area contributed by atoms with E-state index in [1.54, 1.807) is 0 Å². The van der Waals surface area contributed by atoms with Crippen LogP contribution in [0, 0.1) is 3.57 Å². The summed E-state index contributed by atoms with van der Waals surface area (Å²) in [5.74, 6) is 2.54. The molecule has 1 aromatic heterocycles. The Labute approximate surface area is 133 Å². The van der Waals surface area contributed by atoms with E-state index < -0.39 is 0 Å². The van der Waals surface area contributed by atoms with Crippen molar-refractivity contribution in [2.45, 2.75) is 26.7 Å². The molecule has 0 atom stereocenters. The summed E-state index contributed by atoms with van der Waals surface area (Å²) < 4.78 is 7.07. The third kappa shape index (κ3) is 3.59. The van der Waals surface area contributed by atoms with Gasteiger partial charge in [0, 0.05) is 10.1 Å². The maximum Gasteiger partial charge on any atom is 0.227 e. The van der Waals surface area contributed by atoms with E-state index in [0.29, 0.717) is 5.88 Å². The van der Waals surface area contributed by atoms with E-state index in [9.17, 15) is 0 Å². The molecule has 0 unspecified atom stereocenters. The molecule has 0 aliphatic rings. The Morgan fingerprint density at radius 1 is 1.30 bits per heavy atom. The molecule has 0 spiro atoms. The van der Waals surface area contributed by atoms with Gasteiger partial charge >= 0.3 is 0 Å². The highest BCUT2D eigenvalue weighted by molar-refractivity contribution is 14.1. The van der Waals surface area contributed by atoms with Crippen LogP contribution in [0.25, 0.3) is 0 Å². The van der Waals surface area contributed by atoms with Crippen molar-refractivity contribution in [1.29, 1.82) is 0 Å². The Morgan fingerprint density at radius 3 is 2.75 bits per heavy atom. The third-order valence-electron chi connectivity index (χ3n) is 2.78. The lowest BCUT2D eigenvalue weighted by atomic mass is 10.1. The Hall–Kier alpha value is -1.37. The molecule has 20 heavy (non-hydrogen) atoms. The highest BCUT2D eigenvalue weighted by Crippen LogP contribution is 2.33. The van der Waals surface area contributed by atoms with Crippen LogP contribution >= 0.6 is 22.6 Å². The number of hydrogen-bond donors (Lipinski definition) is 1. The van der Waals surface area contributed by atoms with Crippen LogP contribution in [0.3, 0.4) is 0 Å². The molecule has 0 amide bonds. The van der Waals surface area contributed by atoms with E-state index in [4.69, 9.17) is 4.74 Å². The first-order valence-electron chi connectivity index (χ1n) is 6.64. The van der Waals surface area contributed by atoms with Crippen molar-refractivity contribution in [3.05, 3.63) is 39.7 Å². The number of ether oxygens (including phenoxy) is 1. The Morgan fingerprint density at radius 2 is 2.10 bits per heavy atom. The minimum Gasteiger partial charge on any atom is -0.438 e. The van der Waals surface area contributed by atoms with Crippen molar-refractivity contribution in [1.82, 2.24) is 9.97 Å². The van der Waals surface area contributed by atoms with Gasteiger partial charge in [-0.3, -0.25) is 0 Å². The fraction of sp³-hybridized carbons (Fsp3) is 0.333. The molecule has 2 rings (SSSR count). The second kappa shape index (κ2) is 6.88. The van der Waals surface area contributed by atoms with E-state index in [1.165, 1.54) is 6.33 Å². The topological polar surface area (TPSA) is 47.0 Å². The molecule has 0 fully saturated rings. The minimum atomic E-state index is 0.281. The molecule has 106 valence electrons. The zero-order chi connectivity index (χ0) is 14.5. The molecule has 0 aliphatic carbocycles. The molecule has 0 radical (unpaired) electrons. The van der Waals surface area contributed by atoms with Gasteiger partial charge in [0.25, 0.3) is 0 Å². The van der Waals surface area contributed by atoms with Gasteiger partial charge in [-0.25, -0.2) is 9.97 Å². The molecule has 0 saturated carbocycles. The summed E-state index contributed by atoms with van der Waals surface area (Å²) in [6.07, 6.45) is 1.53. The van der Waals surface area contributed by atoms with Crippen LogP contribution in [0.5, 0.6) is 11.6 Å². The molecule has 4 nitrogen and oxygen atoms in total. The predicted octanol–water partition coefficient (Wildman–Crippen LogP) is 4.43. The van der Waals surface area contributed by atoms with Gasteiger partial charge in [-0.2, -0.15) is 0 Å². The van der Waals surface area contributed by atoms with Crippen LogP contribution in [-0.2, 0) is 0 Å². The summed E-state index contributed by atoms with van der Waals surface area (Å²) in [7, 11) is 0. The molecule has 0 saturated heterocycles. The molecular weight excluding hydrogens is 365 g/mol. The van der Waals surface area contributed by atoms with Gasteiger partial charge in [-0.1, -0.05) is 19.9 Å². The number of anilines is 1. The fourth-order valence-electron chi connectivity index (χ4n) is 1.93. The lowest BCUT2D eigenvalue weighted by Gasteiger charge is -2.16. The first-order chi connectivity index (χ1) is 9.61. The second-order valence-corrected chi connectivity index (χ2v) is 5.93. The van der Waals surface area contributed by atoms with Crippen molar-refractivity contribution in [3.63, 3.8) is 0 Å². The van der Waals surface area contributed by atoms with Crippen LogP contribution in [0.2, 0.25) is 0 Å². The molecule has 1 aromatic carbocycles. The van der Waals surface area contributed by atoms with Gasteiger partial charge in [0.15, 0.2) is 0 Å². The van der Waals surface area contributed by atoms with Crippen molar-refractivity contribution in [3.8, 4) is 11.6 Å². The van der Waals surface area contributed by atoms with Crippen LogP contribution in [-0.4, -0.2) is 16.5 Å². The van der Waals surface area contributed by atoms with Crippen LogP contribution in [0.1, 0.15) is 32.3 Å². The molecular formula is C15H18IN3O. The number of rotatable bonds is 5. The van der Waals surface area contributed by atoms with Crippen molar-refractivity contribution < 1.29 is 4.74 Å². The zero-order valence-corrected chi connectivity index (χ0v) is 14.0. The van der Waals surface area contributed by atoms with E-state index in [1.807, 2.05) is 31.2 Å². The first kappa shape index (κ1) is 15.0. The number of benzene rings is 1. The summed E-state index contributed by atoms with van der Waals surface area (Å²) in [4.78, 5) is 8.60. The Balaban J connectivity index is 2.38. The first-order valence-corrected chi connectivity index (χ1v) is 7.71.